The van der Waals surface area contributed by atoms with Crippen LogP contribution < -0.4 is 0 Å². The van der Waals surface area contributed by atoms with Gasteiger partial charge in [0.25, 0.3) is 0 Å². The van der Waals surface area contributed by atoms with Crippen molar-refractivity contribution in [1.82, 2.24) is 0 Å². The van der Waals surface area contributed by atoms with Gasteiger partial charge in [-0.15, -0.1) is 0 Å². The molecule has 41 heavy (non-hydrogen) atoms. The van der Waals surface area contributed by atoms with E-state index in [2.05, 4.69) is 20.8 Å². The molecule has 0 unspecified atom stereocenters. The third-order valence-electron chi connectivity index (χ3n) is 11.7. The van der Waals surface area contributed by atoms with Crippen LogP contribution in [0.15, 0.2) is 0 Å². The predicted molar refractivity (Wildman–Crippen MR) is 144 cm³/mol. The lowest BCUT2D eigenvalue weighted by atomic mass is 9.42. The number of carbonyl (C=O) groups is 3. The Kier molecular flexibility index (Phi) is 8.05. The third kappa shape index (κ3) is 5.43. The zero-order chi connectivity index (χ0) is 30.0. The molecule has 0 aromatic carbocycles. The number of aliphatic carboxylic acids is 1. The van der Waals surface area contributed by atoms with E-state index in [1.54, 1.807) is 13.8 Å². The first kappa shape index (κ1) is 30.7. The van der Waals surface area contributed by atoms with E-state index in [-0.39, 0.29) is 76.9 Å². The lowest BCUT2D eigenvalue weighted by Gasteiger charge is -2.65. The van der Waals surface area contributed by atoms with Crippen LogP contribution in [0.4, 0.5) is 0 Å². The molecule has 0 aromatic heterocycles. The summed E-state index contributed by atoms with van der Waals surface area (Å²) < 4.78 is 12.3. The van der Waals surface area contributed by atoms with Crippen LogP contribution in [0.1, 0.15) is 106 Å². The summed E-state index contributed by atoms with van der Waals surface area (Å²) in [6.07, 6.45) is 5.27. The van der Waals surface area contributed by atoms with Gasteiger partial charge in [0.15, 0.2) is 0 Å². The van der Waals surface area contributed by atoms with Crippen LogP contribution >= 0.6 is 0 Å². The average Bonchev–Trinajstić information content (AvgIpc) is 3.23. The van der Waals surface area contributed by atoms with Gasteiger partial charge in [-0.05, 0) is 87.4 Å². The van der Waals surface area contributed by atoms with Crippen LogP contribution in [0.5, 0.6) is 0 Å². The Bertz CT molecular complexity index is 1030. The molecule has 232 valence electrons. The van der Waals surface area contributed by atoms with Crippen molar-refractivity contribution in [1.29, 1.82) is 0 Å². The maximum atomic E-state index is 12.5. The summed E-state index contributed by atoms with van der Waals surface area (Å²) in [4.78, 5) is 59.1. The number of carboxylic acid groups (broad SMARTS) is 1. The highest BCUT2D eigenvalue weighted by Crippen LogP contribution is 2.70. The molecule has 5 fully saturated rings. The number of carboxylic acids is 1. The van der Waals surface area contributed by atoms with Crippen molar-refractivity contribution >= 4 is 17.9 Å². The number of ether oxygens (including phenoxy) is 2. The topological polar surface area (TPSA) is 127 Å². The fourth-order valence-corrected chi connectivity index (χ4v) is 9.84. The normalized spacial score (nSPS) is 43.2. The Morgan fingerprint density at radius 1 is 0.902 bits per heavy atom. The Labute approximate surface area is 242 Å². The SMILES string of the molecule is CC(=O)O[C@H]1C[C@H]2[C@@H]([C@H](OC(C)=O)C[C@@H]3CC4(CC[C@@]32C)OOC(C)(C)OO4)[C@@H]2CC[C@H]([C@H](C)CCC(=O)O)[C@@]12C. The molecule has 5 rings (SSSR count). The van der Waals surface area contributed by atoms with Crippen molar-refractivity contribution in [2.24, 2.45) is 46.3 Å². The number of rotatable bonds is 6. The van der Waals surface area contributed by atoms with Crippen molar-refractivity contribution in [3.63, 3.8) is 0 Å². The minimum Gasteiger partial charge on any atom is -0.481 e. The molecular formula is C31H48O10. The minimum atomic E-state index is -1.02. The molecule has 1 N–H and O–H groups in total. The van der Waals surface area contributed by atoms with Crippen LogP contribution in [0, 0.1) is 46.3 Å². The lowest BCUT2D eigenvalue weighted by molar-refractivity contribution is -0.656. The van der Waals surface area contributed by atoms with Crippen molar-refractivity contribution in [3.05, 3.63) is 0 Å². The van der Waals surface area contributed by atoms with Gasteiger partial charge in [-0.2, -0.15) is 19.6 Å². The molecule has 4 saturated carbocycles. The second-order valence-electron chi connectivity index (χ2n) is 14.5. The van der Waals surface area contributed by atoms with E-state index in [9.17, 15) is 19.5 Å². The number of esters is 2. The first-order valence-electron chi connectivity index (χ1n) is 15.4. The van der Waals surface area contributed by atoms with Crippen molar-refractivity contribution in [3.8, 4) is 0 Å². The number of carbonyl (C=O) groups excluding carboxylic acids is 2. The van der Waals surface area contributed by atoms with E-state index in [1.807, 2.05) is 0 Å². The van der Waals surface area contributed by atoms with Gasteiger partial charge < -0.3 is 14.6 Å². The van der Waals surface area contributed by atoms with Gasteiger partial charge in [0.05, 0.1) is 0 Å². The van der Waals surface area contributed by atoms with E-state index < -0.39 is 17.5 Å². The zero-order valence-corrected chi connectivity index (χ0v) is 25.6. The molecule has 10 nitrogen and oxygen atoms in total. The van der Waals surface area contributed by atoms with Gasteiger partial charge >= 0.3 is 17.9 Å². The van der Waals surface area contributed by atoms with Gasteiger partial charge in [0, 0.05) is 44.4 Å². The average molecular weight is 581 g/mol. The molecule has 0 radical (unpaired) electrons. The summed E-state index contributed by atoms with van der Waals surface area (Å²) in [6.45, 7) is 13.1. The molecule has 10 atom stereocenters. The molecule has 0 amide bonds. The summed E-state index contributed by atoms with van der Waals surface area (Å²) in [5, 5.41) is 9.35. The standard InChI is InChI=1S/C31H48O10/c1-17(8-11-26(34)35)21-9-10-22-27-23(15-25(30(21,22)7)37-19(3)33)29(6)12-13-31(40-38-28(4,5)39-41-31)16-20(29)14-24(27)36-18(2)32/h17,20-25,27H,8-16H2,1-7H3,(H,34,35)/t17-,20-,21-,22+,23+,24-,25+,27+,29+,30-/m1/s1. The zero-order valence-electron chi connectivity index (χ0n) is 25.6. The van der Waals surface area contributed by atoms with Crippen LogP contribution in [0.25, 0.3) is 0 Å². The highest BCUT2D eigenvalue weighted by Gasteiger charge is 2.69. The Hall–Kier alpha value is -1.75. The summed E-state index contributed by atoms with van der Waals surface area (Å²) in [5.74, 6) is -2.50. The summed E-state index contributed by atoms with van der Waals surface area (Å²) in [5.41, 5.74) is -0.468. The molecule has 4 aliphatic carbocycles. The number of hydrogen-bond acceptors (Lipinski definition) is 9. The summed E-state index contributed by atoms with van der Waals surface area (Å²) in [7, 11) is 0. The molecule has 0 aromatic rings. The first-order chi connectivity index (χ1) is 19.1. The Morgan fingerprint density at radius 3 is 2.17 bits per heavy atom. The van der Waals surface area contributed by atoms with Crippen molar-refractivity contribution < 1.29 is 48.5 Å². The van der Waals surface area contributed by atoms with Gasteiger partial charge in [-0.3, -0.25) is 14.4 Å². The molecule has 10 heteroatoms. The second-order valence-corrected chi connectivity index (χ2v) is 14.5. The summed E-state index contributed by atoms with van der Waals surface area (Å²) in [6, 6.07) is 0. The maximum absolute atomic E-state index is 12.5. The van der Waals surface area contributed by atoms with E-state index in [0.29, 0.717) is 32.1 Å². The Balaban J connectivity index is 1.49. The fraction of sp³-hybridized carbons (Fsp3) is 0.903. The van der Waals surface area contributed by atoms with E-state index in [4.69, 9.17) is 29.0 Å². The van der Waals surface area contributed by atoms with Crippen LogP contribution in [0.2, 0.25) is 0 Å². The van der Waals surface area contributed by atoms with E-state index >= 15 is 0 Å². The van der Waals surface area contributed by atoms with Crippen LogP contribution in [-0.4, -0.2) is 46.8 Å². The van der Waals surface area contributed by atoms with Crippen LogP contribution in [0.3, 0.4) is 0 Å². The number of fused-ring (bicyclic) bond motifs is 5. The van der Waals surface area contributed by atoms with Gasteiger partial charge in [-0.25, -0.2) is 0 Å². The van der Waals surface area contributed by atoms with Crippen molar-refractivity contribution in [2.75, 3.05) is 0 Å². The predicted octanol–water partition coefficient (Wildman–Crippen LogP) is 5.57. The van der Waals surface area contributed by atoms with Gasteiger partial charge in [0.1, 0.15) is 12.2 Å². The molecule has 1 saturated heterocycles. The van der Waals surface area contributed by atoms with Crippen molar-refractivity contribution in [2.45, 2.75) is 130 Å². The fourth-order valence-electron chi connectivity index (χ4n) is 9.84. The third-order valence-corrected chi connectivity index (χ3v) is 11.7. The monoisotopic (exact) mass is 580 g/mol. The van der Waals surface area contributed by atoms with E-state index in [0.717, 1.165) is 19.3 Å². The Morgan fingerprint density at radius 2 is 1.56 bits per heavy atom. The molecule has 1 spiro atoms. The quantitative estimate of drug-likeness (QED) is 0.315. The smallest absolute Gasteiger partial charge is 0.303 e. The summed E-state index contributed by atoms with van der Waals surface area (Å²) >= 11 is 0. The van der Waals surface area contributed by atoms with Crippen LogP contribution in [-0.2, 0) is 43.4 Å². The molecule has 5 aliphatic rings. The first-order valence-corrected chi connectivity index (χ1v) is 15.4. The number of hydrogen-bond donors (Lipinski definition) is 1. The highest BCUT2D eigenvalue weighted by molar-refractivity contribution is 5.67. The largest absolute Gasteiger partial charge is 0.481 e. The minimum absolute atomic E-state index is 0.101. The molecule has 1 heterocycles. The second kappa shape index (κ2) is 10.8. The molecule has 0 bridgehead atoms. The maximum Gasteiger partial charge on any atom is 0.303 e. The lowest BCUT2D eigenvalue weighted by Crippen LogP contribution is -2.65. The molecule has 1 aliphatic heterocycles. The molecular weight excluding hydrogens is 532 g/mol. The van der Waals surface area contributed by atoms with E-state index in [1.165, 1.54) is 13.8 Å². The van der Waals surface area contributed by atoms with Gasteiger partial charge in [-0.1, -0.05) is 20.8 Å². The highest BCUT2D eigenvalue weighted by atomic mass is 17.4. The van der Waals surface area contributed by atoms with Gasteiger partial charge in [0.2, 0.25) is 11.6 Å².